The summed E-state index contributed by atoms with van der Waals surface area (Å²) in [7, 11) is 0. The van der Waals surface area contributed by atoms with Crippen molar-refractivity contribution in [2.24, 2.45) is 5.92 Å². The molecule has 1 heterocycles. The van der Waals surface area contributed by atoms with E-state index in [4.69, 9.17) is 0 Å². The Balaban J connectivity index is 2.07. The van der Waals surface area contributed by atoms with Crippen molar-refractivity contribution in [3.05, 3.63) is 29.8 Å². The summed E-state index contributed by atoms with van der Waals surface area (Å²) in [5.74, 6) is 0.214. The average molecular weight is 289 g/mol. The van der Waals surface area contributed by atoms with Crippen LogP contribution >= 0.6 is 0 Å². The van der Waals surface area contributed by atoms with Crippen LogP contribution in [0.3, 0.4) is 0 Å². The monoisotopic (exact) mass is 289 g/mol. The normalized spacial score (nSPS) is 21.7. The van der Waals surface area contributed by atoms with Gasteiger partial charge in [-0.3, -0.25) is 9.69 Å². The number of amides is 1. The lowest BCUT2D eigenvalue weighted by Crippen LogP contribution is -2.32. The number of anilines is 1. The van der Waals surface area contributed by atoms with Crippen molar-refractivity contribution >= 4 is 11.6 Å². The number of hydrogen-bond donors (Lipinski definition) is 2. The first-order valence-electron chi connectivity index (χ1n) is 8.00. The molecule has 4 heteroatoms. The van der Waals surface area contributed by atoms with E-state index in [0.717, 1.165) is 38.3 Å². The van der Waals surface area contributed by atoms with Crippen molar-refractivity contribution in [3.8, 4) is 0 Å². The first kappa shape index (κ1) is 16.0. The fourth-order valence-electron chi connectivity index (χ4n) is 2.91. The summed E-state index contributed by atoms with van der Waals surface area (Å²) in [6.45, 7) is 10.2. The number of nitrogens with zero attached hydrogens (tertiary/aromatic N) is 1. The molecular formula is C17H27N3O. The molecule has 4 nitrogen and oxygen atoms in total. The number of benzene rings is 1. The van der Waals surface area contributed by atoms with Gasteiger partial charge in [-0.1, -0.05) is 32.0 Å². The molecule has 1 aromatic carbocycles. The fraction of sp³-hybridized carbons (Fsp3) is 0.588. The van der Waals surface area contributed by atoms with Gasteiger partial charge in [0.05, 0.1) is 5.92 Å². The summed E-state index contributed by atoms with van der Waals surface area (Å²) in [4.78, 5) is 14.8. The van der Waals surface area contributed by atoms with E-state index < -0.39 is 0 Å². The lowest BCUT2D eigenvalue weighted by Gasteiger charge is -2.21. The molecule has 1 aromatic rings. The zero-order valence-corrected chi connectivity index (χ0v) is 13.4. The number of rotatable bonds is 6. The summed E-state index contributed by atoms with van der Waals surface area (Å²) in [5.41, 5.74) is 2.14. The van der Waals surface area contributed by atoms with E-state index in [1.54, 1.807) is 0 Å². The van der Waals surface area contributed by atoms with Gasteiger partial charge < -0.3 is 10.6 Å². The van der Waals surface area contributed by atoms with Gasteiger partial charge in [-0.15, -0.1) is 0 Å². The second-order valence-electron chi connectivity index (χ2n) is 5.75. The zero-order valence-electron chi connectivity index (χ0n) is 13.4. The molecule has 0 aliphatic carbocycles. The fourth-order valence-corrected chi connectivity index (χ4v) is 2.91. The molecule has 116 valence electrons. The van der Waals surface area contributed by atoms with E-state index >= 15 is 0 Å². The van der Waals surface area contributed by atoms with Crippen LogP contribution in [0.1, 0.15) is 32.8 Å². The quantitative estimate of drug-likeness (QED) is 0.845. The van der Waals surface area contributed by atoms with Crippen LogP contribution in [0.2, 0.25) is 0 Å². The number of carbonyl (C=O) groups excluding carboxylic acids is 1. The summed E-state index contributed by atoms with van der Waals surface area (Å²) in [5, 5.41) is 6.46. The lowest BCUT2D eigenvalue weighted by atomic mass is 10.0. The van der Waals surface area contributed by atoms with Gasteiger partial charge in [0.25, 0.3) is 0 Å². The van der Waals surface area contributed by atoms with Crippen molar-refractivity contribution in [2.45, 2.75) is 39.8 Å². The highest BCUT2D eigenvalue weighted by Gasteiger charge is 2.29. The predicted molar refractivity (Wildman–Crippen MR) is 87.3 cm³/mol. The van der Waals surface area contributed by atoms with E-state index in [0.29, 0.717) is 0 Å². The Hall–Kier alpha value is -1.39. The molecule has 2 rings (SSSR count). The lowest BCUT2D eigenvalue weighted by molar-refractivity contribution is -0.120. The summed E-state index contributed by atoms with van der Waals surface area (Å²) >= 11 is 0. The van der Waals surface area contributed by atoms with Crippen LogP contribution in [0, 0.1) is 5.92 Å². The third-order valence-electron chi connectivity index (χ3n) is 4.43. The van der Waals surface area contributed by atoms with Crippen LogP contribution in [0.5, 0.6) is 0 Å². The van der Waals surface area contributed by atoms with Gasteiger partial charge in [0.2, 0.25) is 5.91 Å². The summed E-state index contributed by atoms with van der Waals surface area (Å²) < 4.78 is 0. The van der Waals surface area contributed by atoms with Crippen LogP contribution in [0.15, 0.2) is 24.3 Å². The first-order chi connectivity index (χ1) is 10.2. The van der Waals surface area contributed by atoms with Crippen molar-refractivity contribution in [3.63, 3.8) is 0 Å². The number of hydrogen-bond acceptors (Lipinski definition) is 3. The van der Waals surface area contributed by atoms with Gasteiger partial charge in [0, 0.05) is 18.3 Å². The molecule has 0 bridgehead atoms. The number of para-hydroxylation sites is 1. The predicted octanol–water partition coefficient (Wildman–Crippen LogP) is 2.46. The van der Waals surface area contributed by atoms with Crippen molar-refractivity contribution < 1.29 is 4.79 Å². The second-order valence-corrected chi connectivity index (χ2v) is 5.75. The number of carbonyl (C=O) groups is 1. The van der Waals surface area contributed by atoms with Crippen molar-refractivity contribution in [1.82, 2.24) is 10.2 Å². The minimum atomic E-state index is 0.0755. The Bertz CT molecular complexity index is 471. The van der Waals surface area contributed by atoms with E-state index in [2.05, 4.69) is 42.4 Å². The maximum Gasteiger partial charge on any atom is 0.229 e. The van der Waals surface area contributed by atoms with Crippen LogP contribution in [0.25, 0.3) is 0 Å². The molecule has 1 aliphatic rings. The minimum Gasteiger partial charge on any atom is -0.325 e. The Kier molecular flexibility index (Phi) is 5.76. The molecule has 1 fully saturated rings. The van der Waals surface area contributed by atoms with E-state index in [9.17, 15) is 4.79 Å². The molecule has 0 radical (unpaired) electrons. The first-order valence-corrected chi connectivity index (χ1v) is 8.00. The molecule has 21 heavy (non-hydrogen) atoms. The molecule has 1 aliphatic heterocycles. The molecule has 0 saturated carbocycles. The van der Waals surface area contributed by atoms with Gasteiger partial charge in [-0.25, -0.2) is 0 Å². The summed E-state index contributed by atoms with van der Waals surface area (Å²) in [6.07, 6.45) is 0.922. The SMILES string of the molecule is CCN(CC)Cc1ccccc1NC(=O)C1CCNC1C. The smallest absolute Gasteiger partial charge is 0.229 e. The topological polar surface area (TPSA) is 44.4 Å². The Morgan fingerprint density at radius 2 is 2.05 bits per heavy atom. The van der Waals surface area contributed by atoms with E-state index in [-0.39, 0.29) is 17.9 Å². The Labute approximate surface area is 127 Å². The van der Waals surface area contributed by atoms with Crippen molar-refractivity contribution in [1.29, 1.82) is 0 Å². The third-order valence-corrected chi connectivity index (χ3v) is 4.43. The molecule has 1 amide bonds. The zero-order chi connectivity index (χ0) is 15.2. The Morgan fingerprint density at radius 3 is 2.67 bits per heavy atom. The molecule has 0 aromatic heterocycles. The van der Waals surface area contributed by atoms with E-state index in [1.165, 1.54) is 5.56 Å². The standard InChI is InChI=1S/C17H27N3O/c1-4-20(5-2)12-14-8-6-7-9-16(14)19-17(21)15-10-11-18-13(15)3/h6-9,13,15,18H,4-5,10-12H2,1-3H3,(H,19,21). The van der Waals surface area contributed by atoms with Crippen LogP contribution in [-0.4, -0.2) is 36.5 Å². The van der Waals surface area contributed by atoms with Crippen LogP contribution < -0.4 is 10.6 Å². The van der Waals surface area contributed by atoms with Gasteiger partial charge in [-0.2, -0.15) is 0 Å². The molecule has 2 unspecified atom stereocenters. The van der Waals surface area contributed by atoms with Crippen LogP contribution in [-0.2, 0) is 11.3 Å². The van der Waals surface area contributed by atoms with Gasteiger partial charge in [0.15, 0.2) is 0 Å². The van der Waals surface area contributed by atoms with Gasteiger partial charge in [0.1, 0.15) is 0 Å². The average Bonchev–Trinajstić information content (AvgIpc) is 2.92. The van der Waals surface area contributed by atoms with Gasteiger partial charge >= 0.3 is 0 Å². The molecule has 1 saturated heterocycles. The molecule has 2 N–H and O–H groups in total. The van der Waals surface area contributed by atoms with Crippen molar-refractivity contribution in [2.75, 3.05) is 25.0 Å². The summed E-state index contributed by atoms with van der Waals surface area (Å²) in [6, 6.07) is 8.39. The van der Waals surface area contributed by atoms with Crippen LogP contribution in [0.4, 0.5) is 5.69 Å². The highest BCUT2D eigenvalue weighted by molar-refractivity contribution is 5.93. The minimum absolute atomic E-state index is 0.0755. The maximum absolute atomic E-state index is 12.4. The maximum atomic E-state index is 12.4. The number of nitrogens with one attached hydrogen (secondary N) is 2. The molecular weight excluding hydrogens is 262 g/mol. The molecule has 0 spiro atoms. The third kappa shape index (κ3) is 4.05. The van der Waals surface area contributed by atoms with Gasteiger partial charge in [-0.05, 0) is 44.6 Å². The molecule has 2 atom stereocenters. The highest BCUT2D eigenvalue weighted by atomic mass is 16.1. The van der Waals surface area contributed by atoms with E-state index in [1.807, 2.05) is 18.2 Å². The Morgan fingerprint density at radius 1 is 1.33 bits per heavy atom. The second kappa shape index (κ2) is 7.57. The largest absolute Gasteiger partial charge is 0.325 e. The highest BCUT2D eigenvalue weighted by Crippen LogP contribution is 2.21.